The second-order valence-electron chi connectivity index (χ2n) is 3.97. The average molecular weight is 223 g/mol. The van der Waals surface area contributed by atoms with Gasteiger partial charge >= 0.3 is 0 Å². The summed E-state index contributed by atoms with van der Waals surface area (Å²) in [5.74, 6) is 0.687. The Morgan fingerprint density at radius 2 is 1.86 bits per heavy atom. The number of ether oxygens (including phenoxy) is 2. The van der Waals surface area contributed by atoms with Crippen LogP contribution in [0.1, 0.15) is 33.1 Å². The van der Waals surface area contributed by atoms with Crippen LogP contribution in [0.15, 0.2) is 0 Å². The summed E-state index contributed by atoms with van der Waals surface area (Å²) in [6.45, 7) is 6.56. The molecule has 0 aliphatic heterocycles. The van der Waals surface area contributed by atoms with Crippen LogP contribution in [0.25, 0.3) is 0 Å². The Balaban J connectivity index is 3.10. The van der Waals surface area contributed by atoms with E-state index in [1.807, 2.05) is 0 Å². The Morgan fingerprint density at radius 1 is 1.14 bits per heavy atom. The van der Waals surface area contributed by atoms with Gasteiger partial charge in [-0.1, -0.05) is 13.8 Å². The summed E-state index contributed by atoms with van der Waals surface area (Å²) in [5.41, 5.74) is 0. The van der Waals surface area contributed by atoms with Gasteiger partial charge in [-0.3, -0.25) is 0 Å². The van der Waals surface area contributed by atoms with E-state index in [1.165, 1.54) is 0 Å². The molecule has 0 heterocycles. The summed E-state index contributed by atoms with van der Waals surface area (Å²) in [6, 6.07) is 0. The molecule has 0 aromatic rings. The first kappa shape index (κ1) is 14.2. The normalized spacial score (nSPS) is 13.5. The monoisotopic (exact) mass is 222 g/mol. The largest absolute Gasteiger partial charge is 0.382 e. The molecule has 0 aliphatic carbocycles. The van der Waals surface area contributed by atoms with Gasteiger partial charge < -0.3 is 9.47 Å². The molecule has 0 radical (unpaired) electrons. The van der Waals surface area contributed by atoms with Crippen LogP contribution in [0, 0.1) is 5.92 Å². The Bertz CT molecular complexity index is 118. The van der Waals surface area contributed by atoms with Crippen LogP contribution in [0.3, 0.4) is 0 Å². The van der Waals surface area contributed by atoms with Crippen molar-refractivity contribution in [3.8, 4) is 0 Å². The summed E-state index contributed by atoms with van der Waals surface area (Å²) in [5, 5.41) is 0.307. The Morgan fingerprint density at radius 3 is 2.43 bits per heavy atom. The van der Waals surface area contributed by atoms with E-state index in [2.05, 4.69) is 13.8 Å². The summed E-state index contributed by atoms with van der Waals surface area (Å²) in [6.07, 6.45) is 3.19. The molecule has 0 bridgehead atoms. The number of halogens is 1. The molecule has 0 aliphatic rings. The number of methoxy groups -OCH3 is 1. The van der Waals surface area contributed by atoms with Crippen LogP contribution in [0.5, 0.6) is 0 Å². The zero-order chi connectivity index (χ0) is 10.8. The number of hydrogen-bond acceptors (Lipinski definition) is 2. The lowest BCUT2D eigenvalue weighted by Gasteiger charge is -2.11. The molecule has 1 atom stereocenters. The van der Waals surface area contributed by atoms with Crippen molar-refractivity contribution in [3.63, 3.8) is 0 Å². The minimum absolute atomic E-state index is 0.307. The highest BCUT2D eigenvalue weighted by Crippen LogP contribution is 2.15. The van der Waals surface area contributed by atoms with E-state index in [0.717, 1.165) is 25.9 Å². The number of rotatable bonds is 9. The zero-order valence-corrected chi connectivity index (χ0v) is 10.3. The Labute approximate surface area is 92.9 Å². The van der Waals surface area contributed by atoms with Gasteiger partial charge in [0.15, 0.2) is 0 Å². The molecule has 0 amide bonds. The van der Waals surface area contributed by atoms with E-state index >= 15 is 0 Å². The predicted molar refractivity (Wildman–Crippen MR) is 61.0 cm³/mol. The smallest absolute Gasteiger partial charge is 0.0700 e. The first-order chi connectivity index (χ1) is 6.66. The van der Waals surface area contributed by atoms with Crippen molar-refractivity contribution in [3.05, 3.63) is 0 Å². The van der Waals surface area contributed by atoms with Crippen molar-refractivity contribution in [2.75, 3.05) is 26.9 Å². The lowest BCUT2D eigenvalue weighted by atomic mass is 10.1. The van der Waals surface area contributed by atoms with Gasteiger partial charge in [0.05, 0.1) is 13.2 Å². The molecule has 0 fully saturated rings. The molecule has 0 rings (SSSR count). The van der Waals surface area contributed by atoms with Gasteiger partial charge in [-0.25, -0.2) is 0 Å². The van der Waals surface area contributed by atoms with E-state index < -0.39 is 0 Å². The first-order valence-corrected chi connectivity index (χ1v) is 5.81. The van der Waals surface area contributed by atoms with Crippen LogP contribution < -0.4 is 0 Å². The lowest BCUT2D eigenvalue weighted by molar-refractivity contribution is 0.0686. The van der Waals surface area contributed by atoms with Crippen LogP contribution in [-0.2, 0) is 9.47 Å². The highest BCUT2D eigenvalue weighted by atomic mass is 35.5. The van der Waals surface area contributed by atoms with Crippen molar-refractivity contribution < 1.29 is 9.47 Å². The van der Waals surface area contributed by atoms with Gasteiger partial charge in [0.25, 0.3) is 0 Å². The van der Waals surface area contributed by atoms with Crippen LogP contribution >= 0.6 is 11.6 Å². The first-order valence-electron chi connectivity index (χ1n) is 5.37. The van der Waals surface area contributed by atoms with E-state index in [4.69, 9.17) is 21.1 Å². The molecule has 2 nitrogen and oxygen atoms in total. The van der Waals surface area contributed by atoms with Crippen molar-refractivity contribution in [1.29, 1.82) is 0 Å². The third-order valence-electron chi connectivity index (χ3n) is 1.96. The number of hydrogen-bond donors (Lipinski definition) is 0. The standard InChI is InChI=1S/C11H23ClO2/c1-10(2)9-11(12)5-4-6-14-8-7-13-3/h10-11H,4-9H2,1-3H3. The molecule has 86 valence electrons. The molecule has 0 saturated heterocycles. The molecule has 3 heteroatoms. The quantitative estimate of drug-likeness (QED) is 0.441. The summed E-state index contributed by atoms with van der Waals surface area (Å²) in [7, 11) is 1.68. The zero-order valence-electron chi connectivity index (χ0n) is 9.59. The molecule has 0 aromatic carbocycles. The molecular weight excluding hydrogens is 200 g/mol. The molecule has 0 spiro atoms. The molecule has 0 N–H and O–H groups in total. The minimum Gasteiger partial charge on any atom is -0.382 e. The minimum atomic E-state index is 0.307. The van der Waals surface area contributed by atoms with Gasteiger partial charge in [-0.2, -0.15) is 0 Å². The Hall–Kier alpha value is 0.210. The maximum absolute atomic E-state index is 6.14. The second kappa shape index (κ2) is 9.75. The highest BCUT2D eigenvalue weighted by Gasteiger charge is 2.06. The van der Waals surface area contributed by atoms with Crippen LogP contribution in [-0.4, -0.2) is 32.3 Å². The summed E-state index contributed by atoms with van der Waals surface area (Å²) >= 11 is 6.14. The van der Waals surface area contributed by atoms with Crippen LogP contribution in [0.4, 0.5) is 0 Å². The summed E-state index contributed by atoms with van der Waals surface area (Å²) < 4.78 is 10.2. The molecule has 0 saturated carbocycles. The molecule has 1 unspecified atom stereocenters. The van der Waals surface area contributed by atoms with E-state index in [9.17, 15) is 0 Å². The van der Waals surface area contributed by atoms with Gasteiger partial charge in [-0.15, -0.1) is 11.6 Å². The van der Waals surface area contributed by atoms with E-state index in [1.54, 1.807) is 7.11 Å². The average Bonchev–Trinajstić information content (AvgIpc) is 2.10. The van der Waals surface area contributed by atoms with E-state index in [0.29, 0.717) is 24.5 Å². The fourth-order valence-electron chi connectivity index (χ4n) is 1.28. The van der Waals surface area contributed by atoms with Crippen LogP contribution in [0.2, 0.25) is 0 Å². The van der Waals surface area contributed by atoms with E-state index in [-0.39, 0.29) is 0 Å². The van der Waals surface area contributed by atoms with Gasteiger partial charge in [0.1, 0.15) is 0 Å². The third-order valence-corrected chi connectivity index (χ3v) is 2.36. The lowest BCUT2D eigenvalue weighted by Crippen LogP contribution is -2.07. The third kappa shape index (κ3) is 10.3. The molecule has 0 aromatic heterocycles. The maximum Gasteiger partial charge on any atom is 0.0700 e. The Kier molecular flexibility index (Phi) is 9.90. The van der Waals surface area contributed by atoms with Gasteiger partial charge in [0, 0.05) is 19.1 Å². The number of alkyl halides is 1. The SMILES string of the molecule is COCCOCCCC(Cl)CC(C)C. The second-order valence-corrected chi connectivity index (χ2v) is 4.59. The van der Waals surface area contributed by atoms with Crippen molar-refractivity contribution in [1.82, 2.24) is 0 Å². The molecule has 14 heavy (non-hydrogen) atoms. The fraction of sp³-hybridized carbons (Fsp3) is 1.00. The summed E-state index contributed by atoms with van der Waals surface area (Å²) in [4.78, 5) is 0. The maximum atomic E-state index is 6.14. The molecular formula is C11H23ClO2. The van der Waals surface area contributed by atoms with Crippen molar-refractivity contribution in [2.24, 2.45) is 5.92 Å². The topological polar surface area (TPSA) is 18.5 Å². The van der Waals surface area contributed by atoms with Gasteiger partial charge in [0.2, 0.25) is 0 Å². The van der Waals surface area contributed by atoms with Crippen molar-refractivity contribution in [2.45, 2.75) is 38.5 Å². The fourth-order valence-corrected chi connectivity index (χ4v) is 1.79. The van der Waals surface area contributed by atoms with Crippen molar-refractivity contribution >= 4 is 11.6 Å². The predicted octanol–water partition coefficient (Wildman–Crippen LogP) is 3.08. The van der Waals surface area contributed by atoms with Gasteiger partial charge in [-0.05, 0) is 25.2 Å². The highest BCUT2D eigenvalue weighted by molar-refractivity contribution is 6.20.